The average Bonchev–Trinajstić information content (AvgIpc) is 3.21. The third kappa shape index (κ3) is 4.96. The van der Waals surface area contributed by atoms with Gasteiger partial charge >= 0.3 is 0 Å². The molecule has 2 aromatic carbocycles. The van der Waals surface area contributed by atoms with E-state index in [2.05, 4.69) is 21.6 Å². The minimum atomic E-state index is -2.82. The lowest BCUT2D eigenvalue weighted by molar-refractivity contribution is -0.115. The first-order valence-corrected chi connectivity index (χ1v) is 11.7. The lowest BCUT2D eigenvalue weighted by Gasteiger charge is -2.23. The van der Waals surface area contributed by atoms with Crippen molar-refractivity contribution in [2.75, 3.05) is 22.9 Å². The number of carbonyl (C=O) groups is 1. The summed E-state index contributed by atoms with van der Waals surface area (Å²) < 4.78 is 37.4. The lowest BCUT2D eigenvalue weighted by atomic mass is 10.1. The third-order valence-electron chi connectivity index (χ3n) is 5.25. The highest BCUT2D eigenvalue weighted by Crippen LogP contribution is 2.32. The third-order valence-corrected chi connectivity index (χ3v) is 5.89. The molecule has 0 unspecified atom stereocenters. The summed E-state index contributed by atoms with van der Waals surface area (Å²) in [6, 6.07) is 12.5. The van der Waals surface area contributed by atoms with Crippen LogP contribution in [0.1, 0.15) is 0 Å². The molecule has 0 aliphatic carbocycles. The van der Waals surface area contributed by atoms with E-state index in [0.717, 1.165) is 6.07 Å². The molecule has 0 aliphatic heterocycles. The maximum Gasteiger partial charge on any atom is 0.254 e. The quantitative estimate of drug-likeness (QED) is 0.249. The van der Waals surface area contributed by atoms with Crippen LogP contribution in [0.2, 0.25) is 0 Å². The van der Waals surface area contributed by atoms with Crippen LogP contribution in [-0.4, -0.2) is 51.5 Å². The molecule has 0 atom stereocenters. The summed E-state index contributed by atoms with van der Waals surface area (Å²) in [5.74, 6) is -2.17. The number of fused-ring (bicyclic) bond motifs is 1. The molecule has 180 valence electrons. The Hall–Kier alpha value is -4.32. The molecule has 35 heavy (non-hydrogen) atoms. The molecule has 4 rings (SSSR count). The van der Waals surface area contributed by atoms with Crippen molar-refractivity contribution in [3.05, 3.63) is 72.8 Å². The number of amides is 1. The SMILES string of the molecule is C=C(C[SH](=O)=O)C(=O)N(CCn1nc(-c2ccc(F)c(O)c2)c2c(N)ncnc21)c1ccccc1. The largest absolute Gasteiger partial charge is 0.505 e. The number of aromatic nitrogens is 4. The first-order valence-electron chi connectivity index (χ1n) is 10.4. The lowest BCUT2D eigenvalue weighted by Crippen LogP contribution is -2.35. The molecular weight excluding hydrogens is 475 g/mol. The van der Waals surface area contributed by atoms with Gasteiger partial charge in [-0.05, 0) is 30.3 Å². The Kier molecular flexibility index (Phi) is 6.73. The number of aromatic hydroxyl groups is 1. The molecule has 1 amide bonds. The molecule has 12 heteroatoms. The van der Waals surface area contributed by atoms with E-state index in [1.165, 1.54) is 28.0 Å². The standard InChI is InChI=1S/C23H21FN6O4S/c1-14(12-35(33)34)23(32)29(16-5-3-2-4-6-16)9-10-30-22-19(21(25)26-13-27-22)20(28-30)15-7-8-17(24)18(31)11-15/h2-8,11,13,31,35H,1,9-10,12H2,(H2,25,26,27). The van der Waals surface area contributed by atoms with E-state index in [-0.39, 0.29) is 24.5 Å². The number of phenols is 1. The smallest absolute Gasteiger partial charge is 0.254 e. The van der Waals surface area contributed by atoms with E-state index in [0.29, 0.717) is 28.0 Å². The van der Waals surface area contributed by atoms with Gasteiger partial charge in [0, 0.05) is 23.4 Å². The van der Waals surface area contributed by atoms with Gasteiger partial charge in [0.25, 0.3) is 5.91 Å². The van der Waals surface area contributed by atoms with Crippen LogP contribution in [0.5, 0.6) is 5.75 Å². The zero-order valence-corrected chi connectivity index (χ0v) is 19.2. The van der Waals surface area contributed by atoms with Gasteiger partial charge in [0.05, 0.1) is 17.7 Å². The number of hydrogen-bond acceptors (Lipinski definition) is 8. The average molecular weight is 497 g/mol. The van der Waals surface area contributed by atoms with E-state index in [1.54, 1.807) is 30.3 Å². The maximum atomic E-state index is 13.6. The summed E-state index contributed by atoms with van der Waals surface area (Å²) in [4.78, 5) is 22.7. The monoisotopic (exact) mass is 496 g/mol. The van der Waals surface area contributed by atoms with E-state index >= 15 is 0 Å². The van der Waals surface area contributed by atoms with Crippen LogP contribution in [-0.2, 0) is 22.0 Å². The molecule has 0 fully saturated rings. The number of halogens is 1. The highest BCUT2D eigenvalue weighted by atomic mass is 32.2. The number of nitrogens with two attached hydrogens (primary N) is 1. The van der Waals surface area contributed by atoms with Gasteiger partial charge in [-0.25, -0.2) is 27.5 Å². The van der Waals surface area contributed by atoms with Gasteiger partial charge in [-0.15, -0.1) is 0 Å². The van der Waals surface area contributed by atoms with E-state index in [9.17, 15) is 22.7 Å². The number of benzene rings is 2. The fraction of sp³-hybridized carbons (Fsp3) is 0.130. The van der Waals surface area contributed by atoms with Crippen molar-refractivity contribution in [2.45, 2.75) is 6.54 Å². The normalized spacial score (nSPS) is 11.1. The Labute approximate surface area is 201 Å². The van der Waals surface area contributed by atoms with Crippen LogP contribution < -0.4 is 10.6 Å². The van der Waals surface area contributed by atoms with Gasteiger partial charge in [-0.3, -0.25) is 4.79 Å². The van der Waals surface area contributed by atoms with Crippen molar-refractivity contribution in [3.63, 3.8) is 0 Å². The van der Waals surface area contributed by atoms with Crippen molar-refractivity contribution < 1.29 is 22.7 Å². The zero-order chi connectivity index (χ0) is 25.1. The molecule has 4 aromatic rings. The molecule has 0 radical (unpaired) electrons. The summed E-state index contributed by atoms with van der Waals surface area (Å²) in [6.45, 7) is 3.88. The van der Waals surface area contributed by atoms with Crippen LogP contribution in [0.15, 0.2) is 67.0 Å². The van der Waals surface area contributed by atoms with Crippen LogP contribution >= 0.6 is 0 Å². The Morgan fingerprint density at radius 2 is 1.91 bits per heavy atom. The van der Waals surface area contributed by atoms with E-state index < -0.39 is 33.9 Å². The fourth-order valence-electron chi connectivity index (χ4n) is 3.61. The van der Waals surface area contributed by atoms with E-state index in [1.807, 2.05) is 0 Å². The van der Waals surface area contributed by atoms with Crippen molar-refractivity contribution in [3.8, 4) is 17.0 Å². The molecule has 10 nitrogen and oxygen atoms in total. The Bertz CT molecular complexity index is 1490. The van der Waals surface area contributed by atoms with Crippen LogP contribution in [0, 0.1) is 5.82 Å². The summed E-state index contributed by atoms with van der Waals surface area (Å²) >= 11 is 0. The predicted molar refractivity (Wildman–Crippen MR) is 130 cm³/mol. The zero-order valence-electron chi connectivity index (χ0n) is 18.3. The molecule has 2 heterocycles. The number of nitrogens with zero attached hydrogens (tertiary/aromatic N) is 5. The summed E-state index contributed by atoms with van der Waals surface area (Å²) in [6.07, 6.45) is 1.27. The minimum absolute atomic E-state index is 0.0654. The van der Waals surface area contributed by atoms with Crippen LogP contribution in [0.4, 0.5) is 15.9 Å². The number of para-hydroxylation sites is 1. The van der Waals surface area contributed by atoms with Crippen LogP contribution in [0.25, 0.3) is 22.3 Å². The minimum Gasteiger partial charge on any atom is -0.505 e. The molecule has 0 bridgehead atoms. The van der Waals surface area contributed by atoms with Gasteiger partial charge in [0.1, 0.15) is 28.5 Å². The number of carbonyl (C=O) groups excluding carboxylic acids is 1. The Balaban J connectivity index is 1.72. The van der Waals surface area contributed by atoms with Crippen molar-refractivity contribution in [1.29, 1.82) is 0 Å². The number of hydrogen-bond donors (Lipinski definition) is 3. The van der Waals surface area contributed by atoms with Gasteiger partial charge in [0.2, 0.25) is 0 Å². The molecule has 0 spiro atoms. The number of anilines is 2. The molecule has 0 saturated carbocycles. The highest BCUT2D eigenvalue weighted by molar-refractivity contribution is 7.72. The molecule has 0 saturated heterocycles. The van der Waals surface area contributed by atoms with Gasteiger partial charge in [-0.2, -0.15) is 5.10 Å². The number of phenolic OH excluding ortho intramolecular Hbond substituents is 1. The first-order chi connectivity index (χ1) is 16.8. The second-order valence-electron chi connectivity index (χ2n) is 7.58. The Morgan fingerprint density at radius 3 is 2.60 bits per heavy atom. The van der Waals surface area contributed by atoms with Gasteiger partial charge < -0.3 is 15.7 Å². The molecule has 0 aliphatic rings. The second kappa shape index (κ2) is 9.89. The number of rotatable bonds is 8. The number of thiol groups is 1. The molecular formula is C23H21FN6O4S. The van der Waals surface area contributed by atoms with Gasteiger partial charge in [-0.1, -0.05) is 24.8 Å². The maximum absolute atomic E-state index is 13.6. The van der Waals surface area contributed by atoms with E-state index in [4.69, 9.17) is 5.73 Å². The van der Waals surface area contributed by atoms with Crippen LogP contribution in [0.3, 0.4) is 0 Å². The molecule has 2 aromatic heterocycles. The Morgan fingerprint density at radius 1 is 1.17 bits per heavy atom. The highest BCUT2D eigenvalue weighted by Gasteiger charge is 2.22. The molecule has 3 N–H and O–H groups in total. The summed E-state index contributed by atoms with van der Waals surface area (Å²) in [5, 5.41) is 14.8. The van der Waals surface area contributed by atoms with Crippen molar-refractivity contribution >= 4 is 39.1 Å². The number of nitrogen functional groups attached to an aromatic ring is 1. The van der Waals surface area contributed by atoms with Crippen molar-refractivity contribution in [2.24, 2.45) is 0 Å². The predicted octanol–water partition coefficient (Wildman–Crippen LogP) is 2.12. The van der Waals surface area contributed by atoms with Gasteiger partial charge in [0.15, 0.2) is 17.2 Å². The second-order valence-corrected chi connectivity index (χ2v) is 8.56. The summed E-state index contributed by atoms with van der Waals surface area (Å²) in [5.41, 5.74) is 7.67. The first kappa shape index (κ1) is 23.8. The summed E-state index contributed by atoms with van der Waals surface area (Å²) in [7, 11) is -2.82. The van der Waals surface area contributed by atoms with Crippen molar-refractivity contribution in [1.82, 2.24) is 19.7 Å². The topological polar surface area (TPSA) is 144 Å². The fourth-order valence-corrected chi connectivity index (χ4v) is 4.06.